The van der Waals surface area contributed by atoms with Crippen LogP contribution in [0, 0.1) is 5.92 Å². The Morgan fingerprint density at radius 1 is 1.11 bits per heavy atom. The van der Waals surface area contributed by atoms with E-state index >= 15 is 0 Å². The van der Waals surface area contributed by atoms with Gasteiger partial charge in [-0.2, -0.15) is 0 Å². The van der Waals surface area contributed by atoms with Crippen LogP contribution >= 0.6 is 0 Å². The third kappa shape index (κ3) is 7.03. The van der Waals surface area contributed by atoms with Crippen molar-refractivity contribution in [2.75, 3.05) is 44.7 Å². The summed E-state index contributed by atoms with van der Waals surface area (Å²) in [7, 11) is 0. The molecule has 1 heterocycles. The molecule has 1 fully saturated rings. The molecule has 7 nitrogen and oxygen atoms in total. The van der Waals surface area contributed by atoms with E-state index < -0.39 is 11.8 Å². The van der Waals surface area contributed by atoms with Crippen molar-refractivity contribution in [3.63, 3.8) is 0 Å². The van der Waals surface area contributed by atoms with Crippen molar-refractivity contribution in [1.29, 1.82) is 0 Å². The SMILES string of the molecule is CCOc1ccc(OCC)c(NC(=O)C(=O)NCCCN2CCC(C)CC2)c1. The fourth-order valence-electron chi connectivity index (χ4n) is 3.19. The van der Waals surface area contributed by atoms with Crippen LogP contribution in [0.25, 0.3) is 0 Å². The normalized spacial score (nSPS) is 15.1. The molecule has 1 aliphatic rings. The van der Waals surface area contributed by atoms with Gasteiger partial charge in [-0.3, -0.25) is 9.59 Å². The van der Waals surface area contributed by atoms with Gasteiger partial charge in [0.05, 0.1) is 18.9 Å². The molecule has 0 spiro atoms. The highest BCUT2D eigenvalue weighted by Gasteiger charge is 2.18. The van der Waals surface area contributed by atoms with Gasteiger partial charge in [0.15, 0.2) is 0 Å². The second-order valence-electron chi connectivity index (χ2n) is 7.11. The highest BCUT2D eigenvalue weighted by atomic mass is 16.5. The maximum atomic E-state index is 12.2. The van der Waals surface area contributed by atoms with Gasteiger partial charge in [0.25, 0.3) is 0 Å². The van der Waals surface area contributed by atoms with Gasteiger partial charge >= 0.3 is 11.8 Å². The lowest BCUT2D eigenvalue weighted by atomic mass is 9.99. The van der Waals surface area contributed by atoms with Crippen molar-refractivity contribution in [2.24, 2.45) is 5.92 Å². The number of nitrogens with one attached hydrogen (secondary N) is 2. The minimum atomic E-state index is -0.707. The number of carbonyl (C=O) groups excluding carboxylic acids is 2. The molecule has 0 aromatic heterocycles. The van der Waals surface area contributed by atoms with Crippen LogP contribution in [0.3, 0.4) is 0 Å². The lowest BCUT2D eigenvalue weighted by Gasteiger charge is -2.30. The molecule has 2 amide bonds. The molecule has 0 aliphatic carbocycles. The van der Waals surface area contributed by atoms with Gasteiger partial charge in [-0.05, 0) is 70.8 Å². The Morgan fingerprint density at radius 3 is 2.50 bits per heavy atom. The maximum absolute atomic E-state index is 12.2. The van der Waals surface area contributed by atoms with Gasteiger partial charge in [-0.1, -0.05) is 6.92 Å². The predicted molar refractivity (Wildman–Crippen MR) is 110 cm³/mol. The van der Waals surface area contributed by atoms with Gasteiger partial charge < -0.3 is 25.0 Å². The van der Waals surface area contributed by atoms with E-state index in [1.165, 1.54) is 12.8 Å². The Kier molecular flexibility index (Phi) is 9.07. The number of carbonyl (C=O) groups is 2. The Morgan fingerprint density at radius 2 is 1.82 bits per heavy atom. The number of ether oxygens (including phenoxy) is 2. The molecule has 1 aromatic rings. The fraction of sp³-hybridized carbons (Fsp3) is 0.619. The van der Waals surface area contributed by atoms with Crippen LogP contribution in [-0.4, -0.2) is 56.1 Å². The van der Waals surface area contributed by atoms with E-state index in [0.717, 1.165) is 32.0 Å². The van der Waals surface area contributed by atoms with E-state index in [2.05, 4.69) is 22.5 Å². The van der Waals surface area contributed by atoms with Gasteiger partial charge in [0.1, 0.15) is 11.5 Å². The smallest absolute Gasteiger partial charge is 0.313 e. The summed E-state index contributed by atoms with van der Waals surface area (Å²) in [5, 5.41) is 5.32. The first-order chi connectivity index (χ1) is 13.5. The minimum absolute atomic E-state index is 0.426. The van der Waals surface area contributed by atoms with E-state index in [9.17, 15) is 9.59 Å². The second-order valence-corrected chi connectivity index (χ2v) is 7.11. The van der Waals surface area contributed by atoms with Crippen molar-refractivity contribution in [3.8, 4) is 11.5 Å². The third-order valence-corrected chi connectivity index (χ3v) is 4.83. The molecule has 0 bridgehead atoms. The first kappa shape index (κ1) is 22.0. The number of benzene rings is 1. The topological polar surface area (TPSA) is 79.9 Å². The van der Waals surface area contributed by atoms with Crippen molar-refractivity contribution >= 4 is 17.5 Å². The van der Waals surface area contributed by atoms with E-state index in [1.807, 2.05) is 13.8 Å². The fourth-order valence-corrected chi connectivity index (χ4v) is 3.19. The maximum Gasteiger partial charge on any atom is 0.313 e. The Balaban J connectivity index is 1.79. The molecule has 0 radical (unpaired) electrons. The molecule has 1 saturated heterocycles. The molecular formula is C21H33N3O4. The Hall–Kier alpha value is -2.28. The summed E-state index contributed by atoms with van der Waals surface area (Å²) in [5.74, 6) is 0.573. The van der Waals surface area contributed by atoms with Crippen molar-refractivity contribution in [1.82, 2.24) is 10.2 Å². The van der Waals surface area contributed by atoms with Gasteiger partial charge in [0.2, 0.25) is 0 Å². The largest absolute Gasteiger partial charge is 0.494 e. The zero-order chi connectivity index (χ0) is 20.4. The van der Waals surface area contributed by atoms with Gasteiger partial charge in [-0.25, -0.2) is 0 Å². The lowest BCUT2D eigenvalue weighted by molar-refractivity contribution is -0.136. The summed E-state index contributed by atoms with van der Waals surface area (Å²) in [6, 6.07) is 5.16. The average molecular weight is 392 g/mol. The second kappa shape index (κ2) is 11.5. The first-order valence-electron chi connectivity index (χ1n) is 10.2. The van der Waals surface area contributed by atoms with E-state index in [0.29, 0.717) is 36.9 Å². The highest BCUT2D eigenvalue weighted by molar-refractivity contribution is 6.39. The molecule has 1 aromatic carbocycles. The van der Waals surface area contributed by atoms with Crippen LogP contribution in [0.2, 0.25) is 0 Å². The summed E-state index contributed by atoms with van der Waals surface area (Å²) in [4.78, 5) is 26.8. The Bertz CT molecular complexity index is 643. The van der Waals surface area contributed by atoms with Gasteiger partial charge in [0, 0.05) is 12.6 Å². The number of nitrogens with zero attached hydrogens (tertiary/aromatic N) is 1. The van der Waals surface area contributed by atoms with E-state index in [-0.39, 0.29) is 0 Å². The van der Waals surface area contributed by atoms with Gasteiger partial charge in [-0.15, -0.1) is 0 Å². The van der Waals surface area contributed by atoms with Crippen molar-refractivity contribution < 1.29 is 19.1 Å². The first-order valence-corrected chi connectivity index (χ1v) is 10.2. The molecule has 0 unspecified atom stereocenters. The molecule has 1 aliphatic heterocycles. The van der Waals surface area contributed by atoms with E-state index in [4.69, 9.17) is 9.47 Å². The Labute approximate surface area is 167 Å². The third-order valence-electron chi connectivity index (χ3n) is 4.83. The van der Waals surface area contributed by atoms with Crippen LogP contribution in [0.5, 0.6) is 11.5 Å². The van der Waals surface area contributed by atoms with Crippen molar-refractivity contribution in [3.05, 3.63) is 18.2 Å². The zero-order valence-corrected chi connectivity index (χ0v) is 17.3. The number of hydrogen-bond donors (Lipinski definition) is 2. The minimum Gasteiger partial charge on any atom is -0.494 e. The number of amides is 2. The predicted octanol–water partition coefficient (Wildman–Crippen LogP) is 2.66. The molecule has 2 rings (SSSR count). The molecule has 0 atom stereocenters. The number of anilines is 1. The van der Waals surface area contributed by atoms with Crippen molar-refractivity contribution in [2.45, 2.75) is 40.0 Å². The number of likely N-dealkylation sites (tertiary alicyclic amines) is 1. The number of hydrogen-bond acceptors (Lipinski definition) is 5. The van der Waals surface area contributed by atoms with Crippen LogP contribution in [0.15, 0.2) is 18.2 Å². The van der Waals surface area contributed by atoms with Crippen LogP contribution in [-0.2, 0) is 9.59 Å². The molecule has 2 N–H and O–H groups in total. The molecule has 156 valence electrons. The monoisotopic (exact) mass is 391 g/mol. The number of rotatable bonds is 9. The highest BCUT2D eigenvalue weighted by Crippen LogP contribution is 2.29. The molecule has 7 heteroatoms. The van der Waals surface area contributed by atoms with E-state index in [1.54, 1.807) is 18.2 Å². The average Bonchev–Trinajstić information content (AvgIpc) is 2.68. The lowest BCUT2D eigenvalue weighted by Crippen LogP contribution is -2.38. The van der Waals surface area contributed by atoms with Crippen LogP contribution in [0.4, 0.5) is 5.69 Å². The summed E-state index contributed by atoms with van der Waals surface area (Å²) >= 11 is 0. The standard InChI is InChI=1S/C21H33N3O4/c1-4-27-17-7-8-19(28-5-2)18(15-17)23-21(26)20(25)22-11-6-12-24-13-9-16(3)10-14-24/h7-8,15-16H,4-6,9-14H2,1-3H3,(H,22,25)(H,23,26). The summed E-state index contributed by atoms with van der Waals surface area (Å²) in [6.07, 6.45) is 3.30. The quantitative estimate of drug-likeness (QED) is 0.500. The van der Waals surface area contributed by atoms with Crippen LogP contribution in [0.1, 0.15) is 40.0 Å². The number of piperidine rings is 1. The molecule has 0 saturated carbocycles. The van der Waals surface area contributed by atoms with Crippen LogP contribution < -0.4 is 20.1 Å². The molecular weight excluding hydrogens is 358 g/mol. The molecule has 28 heavy (non-hydrogen) atoms. The summed E-state index contributed by atoms with van der Waals surface area (Å²) in [6.45, 7) is 10.7. The summed E-state index contributed by atoms with van der Waals surface area (Å²) < 4.78 is 11.0. The zero-order valence-electron chi connectivity index (χ0n) is 17.3. The summed E-state index contributed by atoms with van der Waals surface area (Å²) in [5.41, 5.74) is 0.426.